The van der Waals surface area contributed by atoms with Crippen molar-refractivity contribution in [2.24, 2.45) is 5.73 Å². The lowest BCUT2D eigenvalue weighted by molar-refractivity contribution is 0.0764. The third-order valence-electron chi connectivity index (χ3n) is 2.95. The first-order valence-electron chi connectivity index (χ1n) is 6.14. The van der Waals surface area contributed by atoms with E-state index in [4.69, 9.17) is 10.5 Å². The highest BCUT2D eigenvalue weighted by atomic mass is 28.3. The van der Waals surface area contributed by atoms with Crippen molar-refractivity contribution >= 4 is 14.0 Å². The third kappa shape index (κ3) is 3.96. The molecule has 2 N–H and O–H groups in total. The maximum atomic E-state index is 11.2. The van der Waals surface area contributed by atoms with Gasteiger partial charge in [-0.05, 0) is 19.9 Å². The minimum atomic E-state index is -1.06. The molecule has 1 aromatic rings. The van der Waals surface area contributed by atoms with Crippen LogP contribution < -0.4 is 5.73 Å². The highest BCUT2D eigenvalue weighted by Gasteiger charge is 2.16. The molecule has 102 valence electrons. The van der Waals surface area contributed by atoms with Crippen LogP contribution in [-0.2, 0) is 11.5 Å². The second-order valence-corrected chi connectivity index (χ2v) is 11.4. The van der Waals surface area contributed by atoms with Gasteiger partial charge >= 0.3 is 0 Å². The highest BCUT2D eigenvalue weighted by Crippen LogP contribution is 2.12. The fourth-order valence-electron chi connectivity index (χ4n) is 1.52. The lowest BCUT2D eigenvalue weighted by atomic mass is 10.2. The summed E-state index contributed by atoms with van der Waals surface area (Å²) in [6, 6.07) is 1.12. The Morgan fingerprint density at radius 2 is 2.00 bits per heavy atom. The van der Waals surface area contributed by atoms with E-state index in [0.29, 0.717) is 12.4 Å². The summed E-state index contributed by atoms with van der Waals surface area (Å²) in [5.74, 6) is -0.489. The highest BCUT2D eigenvalue weighted by molar-refractivity contribution is 6.76. The summed E-state index contributed by atoms with van der Waals surface area (Å²) in [5, 5.41) is 4.17. The Hall–Kier alpha value is -1.14. The summed E-state index contributed by atoms with van der Waals surface area (Å²) in [5.41, 5.74) is 7.35. The maximum absolute atomic E-state index is 11.2. The van der Waals surface area contributed by atoms with Gasteiger partial charge in [0.2, 0.25) is 0 Å². The summed E-state index contributed by atoms with van der Waals surface area (Å²) in [7, 11) is -1.06. The smallest absolute Gasteiger partial charge is 0.269 e. The molecular weight excluding hydrogens is 246 g/mol. The van der Waals surface area contributed by atoms with Crippen LogP contribution in [0.5, 0.6) is 0 Å². The molecule has 1 heterocycles. The zero-order valence-electron chi connectivity index (χ0n) is 11.9. The van der Waals surface area contributed by atoms with Gasteiger partial charge in [0.05, 0.1) is 0 Å². The molecule has 0 unspecified atom stereocenters. The van der Waals surface area contributed by atoms with Gasteiger partial charge in [0.25, 0.3) is 5.91 Å². The van der Waals surface area contributed by atoms with Gasteiger partial charge in [-0.2, -0.15) is 5.10 Å². The molecule has 0 bridgehead atoms. The van der Waals surface area contributed by atoms with Crippen LogP contribution in [0.15, 0.2) is 0 Å². The molecule has 0 aliphatic rings. The van der Waals surface area contributed by atoms with Crippen LogP contribution in [0.1, 0.15) is 21.7 Å². The lowest BCUT2D eigenvalue weighted by Gasteiger charge is -2.15. The van der Waals surface area contributed by atoms with E-state index in [1.54, 1.807) is 4.68 Å². The minimum absolute atomic E-state index is 0.335. The van der Waals surface area contributed by atoms with Gasteiger partial charge in [-0.15, -0.1) is 0 Å². The monoisotopic (exact) mass is 269 g/mol. The molecule has 0 spiro atoms. The Bertz CT molecular complexity index is 435. The average molecular weight is 269 g/mol. The summed E-state index contributed by atoms with van der Waals surface area (Å²) >= 11 is 0. The van der Waals surface area contributed by atoms with E-state index in [1.165, 1.54) is 0 Å². The van der Waals surface area contributed by atoms with Crippen molar-refractivity contribution in [3.05, 3.63) is 17.0 Å². The van der Waals surface area contributed by atoms with Gasteiger partial charge in [-0.3, -0.25) is 4.79 Å². The first-order valence-corrected chi connectivity index (χ1v) is 9.84. The number of aromatic nitrogens is 2. The molecule has 0 aromatic carbocycles. The molecule has 1 amide bonds. The maximum Gasteiger partial charge on any atom is 0.269 e. The van der Waals surface area contributed by atoms with Gasteiger partial charge in [0.1, 0.15) is 6.73 Å². The van der Waals surface area contributed by atoms with Gasteiger partial charge < -0.3 is 10.5 Å². The quantitative estimate of drug-likeness (QED) is 0.633. The number of ether oxygens (including phenoxy) is 1. The average Bonchev–Trinajstić information content (AvgIpc) is 2.51. The molecular formula is C12H23N3O2Si. The van der Waals surface area contributed by atoms with Crippen LogP contribution in [0.3, 0.4) is 0 Å². The number of hydrogen-bond donors (Lipinski definition) is 1. The summed E-state index contributed by atoms with van der Waals surface area (Å²) in [6.45, 7) is 11.8. The minimum Gasteiger partial charge on any atom is -0.364 e. The molecule has 0 saturated carbocycles. The van der Waals surface area contributed by atoms with E-state index < -0.39 is 14.0 Å². The molecule has 0 atom stereocenters. The Morgan fingerprint density at radius 1 is 1.39 bits per heavy atom. The molecule has 1 aromatic heterocycles. The zero-order valence-corrected chi connectivity index (χ0v) is 12.9. The van der Waals surface area contributed by atoms with E-state index in [2.05, 4.69) is 24.7 Å². The predicted octanol–water partition coefficient (Wildman–Crippen LogP) is 1.91. The van der Waals surface area contributed by atoms with E-state index in [1.807, 2.05) is 13.8 Å². The van der Waals surface area contributed by atoms with Crippen molar-refractivity contribution in [3.63, 3.8) is 0 Å². The van der Waals surface area contributed by atoms with E-state index in [-0.39, 0.29) is 0 Å². The van der Waals surface area contributed by atoms with E-state index in [9.17, 15) is 4.79 Å². The van der Waals surface area contributed by atoms with Crippen LogP contribution in [0.2, 0.25) is 25.7 Å². The van der Waals surface area contributed by atoms with E-state index >= 15 is 0 Å². The molecule has 18 heavy (non-hydrogen) atoms. The predicted molar refractivity (Wildman–Crippen MR) is 74.3 cm³/mol. The Kier molecular flexibility index (Phi) is 4.69. The van der Waals surface area contributed by atoms with Crippen molar-refractivity contribution in [2.75, 3.05) is 6.61 Å². The van der Waals surface area contributed by atoms with Gasteiger partial charge in [0.15, 0.2) is 5.69 Å². The number of hydrogen-bond acceptors (Lipinski definition) is 3. The molecule has 0 aliphatic carbocycles. The molecule has 0 radical (unpaired) electrons. The van der Waals surface area contributed by atoms with Gasteiger partial charge in [0, 0.05) is 25.9 Å². The number of amides is 1. The first-order chi connectivity index (χ1) is 8.22. The van der Waals surface area contributed by atoms with Crippen molar-refractivity contribution in [2.45, 2.75) is 46.3 Å². The lowest BCUT2D eigenvalue weighted by Crippen LogP contribution is -2.22. The molecule has 5 nitrogen and oxygen atoms in total. The topological polar surface area (TPSA) is 70.1 Å². The Balaban J connectivity index is 2.58. The Morgan fingerprint density at radius 3 is 2.44 bits per heavy atom. The largest absolute Gasteiger partial charge is 0.364 e. The number of nitrogens with zero attached hydrogens (tertiary/aromatic N) is 2. The van der Waals surface area contributed by atoms with Crippen LogP contribution in [0.4, 0.5) is 0 Å². The number of carbonyl (C=O) groups excluding carboxylic acids is 1. The number of carbonyl (C=O) groups is 1. The van der Waals surface area contributed by atoms with Crippen molar-refractivity contribution in [1.82, 2.24) is 9.78 Å². The molecule has 0 saturated heterocycles. The summed E-state index contributed by atoms with van der Waals surface area (Å²) < 4.78 is 7.30. The second-order valence-electron chi connectivity index (χ2n) is 5.77. The Labute approximate surface area is 109 Å². The summed E-state index contributed by atoms with van der Waals surface area (Å²) in [6.07, 6.45) is 0. The SMILES string of the molecule is Cc1c(C(N)=O)nn(COCC[Si](C)(C)C)c1C. The number of rotatable bonds is 6. The third-order valence-corrected chi connectivity index (χ3v) is 4.65. The van der Waals surface area contributed by atoms with Crippen molar-refractivity contribution < 1.29 is 9.53 Å². The molecule has 6 heteroatoms. The summed E-state index contributed by atoms with van der Waals surface area (Å²) in [4.78, 5) is 11.2. The molecule has 0 fully saturated rings. The van der Waals surface area contributed by atoms with Gasteiger partial charge in [-0.1, -0.05) is 19.6 Å². The number of primary amides is 1. The first kappa shape index (κ1) is 14.9. The standard InChI is InChI=1S/C12H23N3O2Si/c1-9-10(2)15(14-11(9)12(13)16)8-17-6-7-18(3,4)5/h6-8H2,1-5H3,(H2,13,16). The van der Waals surface area contributed by atoms with Crippen LogP contribution in [-0.4, -0.2) is 30.4 Å². The van der Waals surface area contributed by atoms with Crippen molar-refractivity contribution in [1.29, 1.82) is 0 Å². The fourth-order valence-corrected chi connectivity index (χ4v) is 2.28. The molecule has 0 aliphatic heterocycles. The van der Waals surface area contributed by atoms with Gasteiger partial charge in [-0.25, -0.2) is 4.68 Å². The van der Waals surface area contributed by atoms with E-state index in [0.717, 1.165) is 23.9 Å². The number of nitrogens with two attached hydrogens (primary N) is 1. The molecule has 1 rings (SSSR count). The van der Waals surface area contributed by atoms with Crippen LogP contribution >= 0.6 is 0 Å². The van der Waals surface area contributed by atoms with Crippen molar-refractivity contribution in [3.8, 4) is 0 Å². The fraction of sp³-hybridized carbons (Fsp3) is 0.667. The second kappa shape index (κ2) is 5.66. The normalized spacial score (nSPS) is 11.8. The van der Waals surface area contributed by atoms with Crippen LogP contribution in [0.25, 0.3) is 0 Å². The zero-order chi connectivity index (χ0) is 13.9. The van der Waals surface area contributed by atoms with Crippen LogP contribution in [0, 0.1) is 13.8 Å².